The first-order valence-electron chi connectivity index (χ1n) is 5.41. The molecular weight excluding hydrogens is 254 g/mol. The average Bonchev–Trinajstić information content (AvgIpc) is 2.82. The number of hydrogen-bond donors (Lipinski definition) is 1. The van der Waals surface area contributed by atoms with Crippen molar-refractivity contribution in [3.05, 3.63) is 41.2 Å². The molecule has 1 aromatic heterocycles. The fourth-order valence-corrected chi connectivity index (χ4v) is 1.89. The maximum atomic E-state index is 11.7. The average molecular weight is 266 g/mol. The zero-order chi connectivity index (χ0) is 13.0. The Hall–Kier alpha value is -1.95. The zero-order valence-electron chi connectivity index (χ0n) is 9.75. The van der Waals surface area contributed by atoms with Crippen LogP contribution in [0.1, 0.15) is 18.5 Å². The van der Waals surface area contributed by atoms with Crippen LogP contribution in [-0.4, -0.2) is 26.1 Å². The van der Waals surface area contributed by atoms with Crippen molar-refractivity contribution >= 4 is 17.5 Å². The second-order valence-electron chi connectivity index (χ2n) is 3.82. The lowest BCUT2D eigenvalue weighted by atomic mass is 10.1. The Morgan fingerprint density at radius 2 is 2.28 bits per heavy atom. The van der Waals surface area contributed by atoms with Crippen LogP contribution >= 0.6 is 11.6 Å². The van der Waals surface area contributed by atoms with Crippen LogP contribution in [0.3, 0.4) is 0 Å². The van der Waals surface area contributed by atoms with Crippen molar-refractivity contribution in [2.24, 2.45) is 0 Å². The summed E-state index contributed by atoms with van der Waals surface area (Å²) in [5.41, 5.74) is 0.879. The second-order valence-corrected chi connectivity index (χ2v) is 4.23. The molecule has 1 amide bonds. The number of carbonyl (C=O) groups is 1. The number of aromatic nitrogens is 4. The Balaban J connectivity index is 1.97. The summed E-state index contributed by atoms with van der Waals surface area (Å²) in [5, 5.41) is 14.0. The first-order chi connectivity index (χ1) is 8.66. The summed E-state index contributed by atoms with van der Waals surface area (Å²) >= 11 is 6.06. The van der Waals surface area contributed by atoms with E-state index in [2.05, 4.69) is 20.8 Å². The molecule has 1 heterocycles. The third kappa shape index (κ3) is 3.04. The molecule has 1 atom stereocenters. The SMILES string of the molecule is C[C@@H](NC(=O)Cn1cnnn1)c1ccccc1Cl. The number of benzene rings is 1. The molecule has 0 unspecified atom stereocenters. The number of rotatable bonds is 4. The summed E-state index contributed by atoms with van der Waals surface area (Å²) in [5.74, 6) is -0.172. The van der Waals surface area contributed by atoms with Gasteiger partial charge >= 0.3 is 0 Å². The summed E-state index contributed by atoms with van der Waals surface area (Å²) in [6.45, 7) is 1.96. The fraction of sp³-hybridized carbons (Fsp3) is 0.273. The van der Waals surface area contributed by atoms with Gasteiger partial charge in [0.2, 0.25) is 5.91 Å². The van der Waals surface area contributed by atoms with Gasteiger partial charge in [-0.2, -0.15) is 0 Å². The van der Waals surface area contributed by atoms with Crippen LogP contribution in [-0.2, 0) is 11.3 Å². The van der Waals surface area contributed by atoms with Crippen LogP contribution in [0.15, 0.2) is 30.6 Å². The van der Waals surface area contributed by atoms with E-state index in [-0.39, 0.29) is 18.5 Å². The first-order valence-corrected chi connectivity index (χ1v) is 5.79. The van der Waals surface area contributed by atoms with Gasteiger partial charge in [-0.1, -0.05) is 29.8 Å². The predicted octanol–water partition coefficient (Wildman–Crippen LogP) is 1.20. The number of hydrogen-bond acceptors (Lipinski definition) is 4. The number of amides is 1. The standard InChI is InChI=1S/C11H12ClN5O/c1-8(9-4-2-3-5-10(9)12)14-11(18)6-17-7-13-15-16-17/h2-5,7-8H,6H2,1H3,(H,14,18)/t8-/m1/s1. The minimum Gasteiger partial charge on any atom is -0.348 e. The van der Waals surface area contributed by atoms with Crippen molar-refractivity contribution in [2.75, 3.05) is 0 Å². The van der Waals surface area contributed by atoms with Crippen molar-refractivity contribution < 1.29 is 4.79 Å². The molecule has 0 saturated heterocycles. The minimum atomic E-state index is -0.172. The molecule has 2 aromatic rings. The van der Waals surface area contributed by atoms with Crippen molar-refractivity contribution in [3.63, 3.8) is 0 Å². The van der Waals surface area contributed by atoms with Crippen LogP contribution in [0.25, 0.3) is 0 Å². The van der Waals surface area contributed by atoms with Crippen LogP contribution in [0, 0.1) is 0 Å². The van der Waals surface area contributed by atoms with E-state index in [9.17, 15) is 4.79 Å². The monoisotopic (exact) mass is 265 g/mol. The van der Waals surface area contributed by atoms with E-state index in [1.54, 1.807) is 6.07 Å². The van der Waals surface area contributed by atoms with Crippen molar-refractivity contribution in [2.45, 2.75) is 19.5 Å². The van der Waals surface area contributed by atoms with Crippen molar-refractivity contribution in [1.29, 1.82) is 0 Å². The van der Waals surface area contributed by atoms with Gasteiger partial charge < -0.3 is 5.32 Å². The third-order valence-electron chi connectivity index (χ3n) is 2.45. The summed E-state index contributed by atoms with van der Waals surface area (Å²) < 4.78 is 1.36. The van der Waals surface area contributed by atoms with E-state index < -0.39 is 0 Å². The van der Waals surface area contributed by atoms with E-state index in [0.717, 1.165) is 5.56 Å². The Kier molecular flexibility index (Phi) is 3.88. The number of halogens is 1. The molecule has 0 spiro atoms. The minimum absolute atomic E-state index is 0.0851. The molecule has 1 N–H and O–H groups in total. The van der Waals surface area contributed by atoms with Gasteiger partial charge in [-0.05, 0) is 29.0 Å². The normalized spacial score (nSPS) is 12.1. The maximum Gasteiger partial charge on any atom is 0.242 e. The topological polar surface area (TPSA) is 72.7 Å². The van der Waals surface area contributed by atoms with E-state index in [1.165, 1.54) is 11.0 Å². The quantitative estimate of drug-likeness (QED) is 0.902. The molecule has 0 saturated carbocycles. The highest BCUT2D eigenvalue weighted by Crippen LogP contribution is 2.21. The van der Waals surface area contributed by atoms with Crippen molar-refractivity contribution in [3.8, 4) is 0 Å². The molecule has 7 heteroatoms. The zero-order valence-corrected chi connectivity index (χ0v) is 10.5. The summed E-state index contributed by atoms with van der Waals surface area (Å²) in [6, 6.07) is 7.24. The third-order valence-corrected chi connectivity index (χ3v) is 2.79. The van der Waals surface area contributed by atoms with E-state index in [0.29, 0.717) is 5.02 Å². The van der Waals surface area contributed by atoms with Gasteiger partial charge in [0.15, 0.2) is 0 Å². The molecule has 0 aliphatic carbocycles. The van der Waals surface area contributed by atoms with Crippen LogP contribution in [0.5, 0.6) is 0 Å². The fourth-order valence-electron chi connectivity index (χ4n) is 1.59. The number of tetrazole rings is 1. The number of nitrogens with zero attached hydrogens (tertiary/aromatic N) is 4. The largest absolute Gasteiger partial charge is 0.348 e. The molecule has 0 aliphatic rings. The Labute approximate surface area is 109 Å². The molecule has 6 nitrogen and oxygen atoms in total. The molecular formula is C11H12ClN5O. The Morgan fingerprint density at radius 1 is 1.50 bits per heavy atom. The predicted molar refractivity (Wildman–Crippen MR) is 65.8 cm³/mol. The van der Waals surface area contributed by atoms with Crippen LogP contribution in [0.4, 0.5) is 0 Å². The van der Waals surface area contributed by atoms with Crippen molar-refractivity contribution in [1.82, 2.24) is 25.5 Å². The van der Waals surface area contributed by atoms with Gasteiger partial charge in [-0.15, -0.1) is 5.10 Å². The maximum absolute atomic E-state index is 11.7. The molecule has 18 heavy (non-hydrogen) atoms. The van der Waals surface area contributed by atoms with E-state index in [1.807, 2.05) is 25.1 Å². The van der Waals surface area contributed by atoms with Crippen LogP contribution in [0.2, 0.25) is 5.02 Å². The summed E-state index contributed by atoms with van der Waals surface area (Å²) in [6.07, 6.45) is 1.39. The molecule has 94 valence electrons. The van der Waals surface area contributed by atoms with Gasteiger partial charge in [0, 0.05) is 5.02 Å². The highest BCUT2D eigenvalue weighted by atomic mass is 35.5. The number of carbonyl (C=O) groups excluding carboxylic acids is 1. The van der Waals surface area contributed by atoms with Crippen LogP contribution < -0.4 is 5.32 Å². The molecule has 1 aromatic carbocycles. The van der Waals surface area contributed by atoms with E-state index in [4.69, 9.17) is 11.6 Å². The smallest absolute Gasteiger partial charge is 0.242 e. The van der Waals surface area contributed by atoms with Gasteiger partial charge in [-0.25, -0.2) is 4.68 Å². The van der Waals surface area contributed by atoms with Gasteiger partial charge in [0.25, 0.3) is 0 Å². The van der Waals surface area contributed by atoms with E-state index >= 15 is 0 Å². The number of nitrogens with one attached hydrogen (secondary N) is 1. The summed E-state index contributed by atoms with van der Waals surface area (Å²) in [7, 11) is 0. The van der Waals surface area contributed by atoms with Gasteiger partial charge in [-0.3, -0.25) is 4.79 Å². The Bertz CT molecular complexity index is 528. The first kappa shape index (κ1) is 12.5. The second kappa shape index (κ2) is 5.59. The molecule has 0 radical (unpaired) electrons. The lowest BCUT2D eigenvalue weighted by Gasteiger charge is -2.15. The lowest BCUT2D eigenvalue weighted by Crippen LogP contribution is -2.30. The summed E-state index contributed by atoms with van der Waals surface area (Å²) in [4.78, 5) is 11.7. The highest BCUT2D eigenvalue weighted by Gasteiger charge is 2.12. The van der Waals surface area contributed by atoms with Gasteiger partial charge in [0.1, 0.15) is 12.9 Å². The lowest BCUT2D eigenvalue weighted by molar-refractivity contribution is -0.122. The molecule has 0 aliphatic heterocycles. The van der Waals surface area contributed by atoms with Gasteiger partial charge in [0.05, 0.1) is 6.04 Å². The Morgan fingerprint density at radius 3 is 2.94 bits per heavy atom. The molecule has 0 bridgehead atoms. The molecule has 0 fully saturated rings. The molecule has 2 rings (SSSR count). The highest BCUT2D eigenvalue weighted by molar-refractivity contribution is 6.31.